The highest BCUT2D eigenvalue weighted by molar-refractivity contribution is 7.89. The number of nitrogens with one attached hydrogen (secondary N) is 1. The summed E-state index contributed by atoms with van der Waals surface area (Å²) in [5, 5.41) is 2.84. The van der Waals surface area contributed by atoms with Crippen LogP contribution in [0.15, 0.2) is 47.4 Å². The van der Waals surface area contributed by atoms with Crippen LogP contribution in [-0.2, 0) is 10.0 Å². The largest absolute Gasteiger partial charge is 0.366 e. The van der Waals surface area contributed by atoms with Gasteiger partial charge >= 0.3 is 0 Å². The molecule has 3 N–H and O–H groups in total. The number of hydrogen-bond donors (Lipinski definition) is 2. The summed E-state index contributed by atoms with van der Waals surface area (Å²) in [6.45, 7) is 0. The Morgan fingerprint density at radius 2 is 1.70 bits per heavy atom. The van der Waals surface area contributed by atoms with Gasteiger partial charge in [0.2, 0.25) is 15.9 Å². The number of carbonyl (C=O) groups is 2. The molecule has 2 aromatic carbocycles. The molecule has 0 heterocycles. The van der Waals surface area contributed by atoms with E-state index in [1.807, 2.05) is 0 Å². The molecule has 0 aromatic heterocycles. The molecule has 2 aromatic rings. The number of nitrogens with two attached hydrogens (primary N) is 1. The Labute approximate surface area is 181 Å². The number of anilines is 1. The van der Waals surface area contributed by atoms with Crippen LogP contribution in [0.4, 0.5) is 5.69 Å². The Morgan fingerprint density at radius 1 is 1.07 bits per heavy atom. The van der Waals surface area contributed by atoms with Gasteiger partial charge in [-0.3, -0.25) is 9.59 Å². The number of nitrogens with zero attached hydrogens (tertiary/aromatic N) is 1. The lowest BCUT2D eigenvalue weighted by molar-refractivity contribution is 0.0996. The first-order valence-corrected chi connectivity index (χ1v) is 11.5. The summed E-state index contributed by atoms with van der Waals surface area (Å²) in [4.78, 5) is 24.0. The van der Waals surface area contributed by atoms with Gasteiger partial charge in [0.25, 0.3) is 5.91 Å². The Morgan fingerprint density at radius 3 is 2.30 bits per heavy atom. The van der Waals surface area contributed by atoms with Gasteiger partial charge in [0.15, 0.2) is 0 Å². The molecule has 7 nitrogen and oxygen atoms in total. The van der Waals surface area contributed by atoms with E-state index in [0.29, 0.717) is 5.69 Å². The first kappa shape index (κ1) is 22.3. The summed E-state index contributed by atoms with van der Waals surface area (Å²) in [5.41, 5.74) is 6.00. The third kappa shape index (κ3) is 4.83. The lowest BCUT2D eigenvalue weighted by Crippen LogP contribution is -2.38. The predicted octanol–water partition coefficient (Wildman–Crippen LogP) is 3.64. The zero-order valence-electron chi connectivity index (χ0n) is 16.6. The summed E-state index contributed by atoms with van der Waals surface area (Å²) in [6, 6.07) is 10.2. The molecule has 0 spiro atoms. The van der Waals surface area contributed by atoms with Gasteiger partial charge in [-0.1, -0.05) is 30.9 Å². The molecule has 1 saturated carbocycles. The summed E-state index contributed by atoms with van der Waals surface area (Å²) in [5.74, 6) is -1.15. The number of sulfonamides is 1. The monoisotopic (exact) mass is 449 g/mol. The van der Waals surface area contributed by atoms with Crippen molar-refractivity contribution >= 4 is 39.1 Å². The van der Waals surface area contributed by atoms with Crippen LogP contribution in [-0.4, -0.2) is 37.6 Å². The lowest BCUT2D eigenvalue weighted by atomic mass is 9.96. The third-order valence-electron chi connectivity index (χ3n) is 5.37. The van der Waals surface area contributed by atoms with Crippen molar-refractivity contribution < 1.29 is 18.0 Å². The first-order valence-electron chi connectivity index (χ1n) is 9.69. The van der Waals surface area contributed by atoms with Gasteiger partial charge in [0.05, 0.1) is 15.5 Å². The molecule has 1 aliphatic carbocycles. The van der Waals surface area contributed by atoms with E-state index in [4.69, 9.17) is 17.3 Å². The van der Waals surface area contributed by atoms with Crippen LogP contribution < -0.4 is 11.1 Å². The molecule has 3 rings (SSSR count). The summed E-state index contributed by atoms with van der Waals surface area (Å²) < 4.78 is 27.3. The highest BCUT2D eigenvalue weighted by Crippen LogP contribution is 2.27. The minimum Gasteiger partial charge on any atom is -0.366 e. The number of carbonyl (C=O) groups excluding carboxylic acids is 2. The maximum Gasteiger partial charge on any atom is 0.255 e. The van der Waals surface area contributed by atoms with Gasteiger partial charge in [0, 0.05) is 24.3 Å². The topological polar surface area (TPSA) is 110 Å². The number of primary amides is 1. The molecule has 1 aliphatic rings. The molecule has 30 heavy (non-hydrogen) atoms. The molecular formula is C21H24ClN3O4S. The molecule has 1 fully saturated rings. The van der Waals surface area contributed by atoms with E-state index in [1.54, 1.807) is 13.1 Å². The Hall–Kier alpha value is -2.42. The van der Waals surface area contributed by atoms with Crippen LogP contribution in [0.3, 0.4) is 0 Å². The maximum atomic E-state index is 12.9. The van der Waals surface area contributed by atoms with Crippen molar-refractivity contribution in [2.75, 3.05) is 12.4 Å². The van der Waals surface area contributed by atoms with Crippen LogP contribution in [0.1, 0.15) is 52.8 Å². The molecule has 0 atom stereocenters. The van der Waals surface area contributed by atoms with Crippen molar-refractivity contribution in [1.29, 1.82) is 0 Å². The molecule has 0 saturated heterocycles. The van der Waals surface area contributed by atoms with Crippen LogP contribution >= 0.6 is 11.6 Å². The van der Waals surface area contributed by atoms with Crippen molar-refractivity contribution in [3.05, 3.63) is 58.6 Å². The average molecular weight is 450 g/mol. The van der Waals surface area contributed by atoms with Gasteiger partial charge in [-0.2, -0.15) is 4.31 Å². The number of hydrogen-bond acceptors (Lipinski definition) is 4. The van der Waals surface area contributed by atoms with E-state index in [0.717, 1.165) is 32.1 Å². The SMILES string of the molecule is CN(C1CCCCC1)S(=O)(=O)c1ccc(C(=O)Nc2ccc(Cl)c(C(N)=O)c2)cc1. The summed E-state index contributed by atoms with van der Waals surface area (Å²) in [6.07, 6.45) is 4.94. The van der Waals surface area contributed by atoms with Crippen molar-refractivity contribution in [2.45, 2.75) is 43.0 Å². The average Bonchev–Trinajstić information content (AvgIpc) is 2.75. The molecule has 0 unspecified atom stereocenters. The predicted molar refractivity (Wildman–Crippen MR) is 116 cm³/mol. The van der Waals surface area contributed by atoms with Crippen LogP contribution in [0, 0.1) is 0 Å². The van der Waals surface area contributed by atoms with Crippen molar-refractivity contribution in [1.82, 2.24) is 4.31 Å². The second kappa shape index (κ2) is 9.16. The van der Waals surface area contributed by atoms with Crippen molar-refractivity contribution in [2.24, 2.45) is 5.73 Å². The maximum absolute atomic E-state index is 12.9. The van der Waals surface area contributed by atoms with Gasteiger partial charge < -0.3 is 11.1 Å². The smallest absolute Gasteiger partial charge is 0.255 e. The van der Waals surface area contributed by atoms with Gasteiger partial charge in [0.1, 0.15) is 0 Å². The molecule has 0 bridgehead atoms. The van der Waals surface area contributed by atoms with E-state index < -0.39 is 21.8 Å². The van der Waals surface area contributed by atoms with E-state index in [-0.39, 0.29) is 27.1 Å². The third-order valence-corrected chi connectivity index (χ3v) is 7.63. The second-order valence-corrected chi connectivity index (χ2v) is 9.76. The minimum atomic E-state index is -3.62. The summed E-state index contributed by atoms with van der Waals surface area (Å²) in [7, 11) is -2.01. The first-order chi connectivity index (χ1) is 14.2. The molecule has 0 aliphatic heterocycles. The number of benzene rings is 2. The molecule has 160 valence electrons. The molecule has 0 radical (unpaired) electrons. The van der Waals surface area contributed by atoms with Crippen molar-refractivity contribution in [3.8, 4) is 0 Å². The second-order valence-electron chi connectivity index (χ2n) is 7.35. The van der Waals surface area contributed by atoms with Gasteiger partial charge in [-0.05, 0) is 55.3 Å². The highest BCUT2D eigenvalue weighted by atomic mass is 35.5. The zero-order valence-corrected chi connectivity index (χ0v) is 18.2. The number of halogens is 1. The molecule has 2 amide bonds. The highest BCUT2D eigenvalue weighted by Gasteiger charge is 2.29. The quantitative estimate of drug-likeness (QED) is 0.701. The van der Waals surface area contributed by atoms with E-state index in [2.05, 4.69) is 5.32 Å². The zero-order chi connectivity index (χ0) is 21.9. The fourth-order valence-electron chi connectivity index (χ4n) is 3.58. The number of amides is 2. The minimum absolute atomic E-state index is 0.0103. The normalized spacial score (nSPS) is 15.2. The fourth-order valence-corrected chi connectivity index (χ4v) is 5.21. The van der Waals surface area contributed by atoms with E-state index in [9.17, 15) is 18.0 Å². The Balaban J connectivity index is 1.74. The van der Waals surface area contributed by atoms with Gasteiger partial charge in [-0.15, -0.1) is 0 Å². The van der Waals surface area contributed by atoms with Crippen LogP contribution in [0.25, 0.3) is 0 Å². The Kier molecular flexibility index (Phi) is 6.80. The van der Waals surface area contributed by atoms with E-state index >= 15 is 0 Å². The summed E-state index contributed by atoms with van der Waals surface area (Å²) >= 11 is 5.91. The fraction of sp³-hybridized carbons (Fsp3) is 0.333. The van der Waals surface area contributed by atoms with Crippen LogP contribution in [0.2, 0.25) is 5.02 Å². The standard InChI is InChI=1S/C21H24ClN3O4S/c1-25(16-5-3-2-4-6-16)30(28,29)17-10-7-14(8-11-17)21(27)24-15-9-12-19(22)18(13-15)20(23)26/h7-13,16H,2-6H2,1H3,(H2,23,26)(H,24,27). The molecule has 9 heteroatoms. The number of rotatable bonds is 6. The lowest BCUT2D eigenvalue weighted by Gasteiger charge is -2.30. The Bertz CT molecular complexity index is 1050. The van der Waals surface area contributed by atoms with E-state index in [1.165, 1.54) is 40.7 Å². The van der Waals surface area contributed by atoms with Crippen molar-refractivity contribution in [3.63, 3.8) is 0 Å². The van der Waals surface area contributed by atoms with Gasteiger partial charge in [-0.25, -0.2) is 8.42 Å². The van der Waals surface area contributed by atoms with Crippen LogP contribution in [0.5, 0.6) is 0 Å². The molecular weight excluding hydrogens is 426 g/mol.